The highest BCUT2D eigenvalue weighted by Crippen LogP contribution is 2.30. The van der Waals surface area contributed by atoms with Crippen molar-refractivity contribution in [3.63, 3.8) is 0 Å². The fourth-order valence-electron chi connectivity index (χ4n) is 2.09. The van der Waals surface area contributed by atoms with E-state index in [-0.39, 0.29) is 0 Å². The summed E-state index contributed by atoms with van der Waals surface area (Å²) in [4.78, 5) is 1.65. The van der Waals surface area contributed by atoms with Crippen LogP contribution in [0.4, 0.5) is 0 Å². The van der Waals surface area contributed by atoms with Crippen LogP contribution in [0.5, 0.6) is 0 Å². The smallest absolute Gasteiger partial charge is 0.0105 e. The zero-order valence-electron chi connectivity index (χ0n) is 10.4. The Balaban J connectivity index is 2.48. The van der Waals surface area contributed by atoms with E-state index in [0.29, 0.717) is 0 Å². The molecule has 1 heteroatoms. The van der Waals surface area contributed by atoms with Crippen molar-refractivity contribution < 1.29 is 0 Å². The number of rotatable bonds is 7. The second kappa shape index (κ2) is 7.05. The average Bonchev–Trinajstić information content (AvgIpc) is 2.67. The molecule has 1 heterocycles. The van der Waals surface area contributed by atoms with Crippen LogP contribution >= 0.6 is 11.3 Å². The monoisotopic (exact) mass is 224 g/mol. The van der Waals surface area contributed by atoms with E-state index in [4.69, 9.17) is 0 Å². The Morgan fingerprint density at radius 2 is 2.00 bits per heavy atom. The molecule has 0 N–H and O–H groups in total. The molecule has 0 aliphatic rings. The fourth-order valence-corrected chi connectivity index (χ4v) is 3.14. The molecule has 1 aromatic rings. The van der Waals surface area contributed by atoms with Crippen LogP contribution in [0.15, 0.2) is 11.4 Å². The standard InChI is InChI=1S/C14H24S/c1-4-6-7-9-12(3)14-13(8-5-2)10-11-15-14/h10-12H,4-9H2,1-3H3/t12-/m1/s1. The number of hydrogen-bond donors (Lipinski definition) is 0. The minimum absolute atomic E-state index is 0.776. The van der Waals surface area contributed by atoms with Crippen molar-refractivity contribution in [2.45, 2.75) is 65.2 Å². The van der Waals surface area contributed by atoms with E-state index >= 15 is 0 Å². The van der Waals surface area contributed by atoms with Gasteiger partial charge in [0.05, 0.1) is 0 Å². The lowest BCUT2D eigenvalue weighted by Gasteiger charge is -2.11. The predicted molar refractivity (Wildman–Crippen MR) is 70.9 cm³/mol. The van der Waals surface area contributed by atoms with E-state index in [9.17, 15) is 0 Å². The molecule has 86 valence electrons. The average molecular weight is 224 g/mol. The van der Waals surface area contributed by atoms with Crippen LogP contribution in [0, 0.1) is 0 Å². The Labute approximate surface area is 98.7 Å². The fraction of sp³-hybridized carbons (Fsp3) is 0.714. The molecule has 0 radical (unpaired) electrons. The van der Waals surface area contributed by atoms with Crippen LogP contribution < -0.4 is 0 Å². The molecule has 1 aromatic heterocycles. The highest BCUT2D eigenvalue weighted by Gasteiger charge is 2.11. The molecule has 0 aliphatic heterocycles. The number of hydrogen-bond acceptors (Lipinski definition) is 1. The molecule has 0 amide bonds. The first-order chi connectivity index (χ1) is 7.29. The van der Waals surface area contributed by atoms with Crippen molar-refractivity contribution >= 4 is 11.3 Å². The molecule has 0 spiro atoms. The summed E-state index contributed by atoms with van der Waals surface area (Å²) in [5.41, 5.74) is 1.60. The lowest BCUT2D eigenvalue weighted by Crippen LogP contribution is -1.95. The summed E-state index contributed by atoms with van der Waals surface area (Å²) in [6.07, 6.45) is 8.01. The summed E-state index contributed by atoms with van der Waals surface area (Å²) in [6, 6.07) is 2.32. The Morgan fingerprint density at radius 3 is 2.67 bits per heavy atom. The predicted octanol–water partition coefficient (Wildman–Crippen LogP) is 5.38. The number of aryl methyl sites for hydroxylation is 1. The summed E-state index contributed by atoms with van der Waals surface area (Å²) in [7, 11) is 0. The topological polar surface area (TPSA) is 0 Å². The summed E-state index contributed by atoms with van der Waals surface area (Å²) >= 11 is 1.96. The van der Waals surface area contributed by atoms with E-state index in [1.54, 1.807) is 10.4 Å². The van der Waals surface area contributed by atoms with Gasteiger partial charge in [-0.15, -0.1) is 11.3 Å². The molecular weight excluding hydrogens is 200 g/mol. The second-order valence-electron chi connectivity index (χ2n) is 4.46. The van der Waals surface area contributed by atoms with Gasteiger partial charge in [-0.05, 0) is 35.8 Å². The van der Waals surface area contributed by atoms with Gasteiger partial charge in [0.25, 0.3) is 0 Å². The van der Waals surface area contributed by atoms with Gasteiger partial charge >= 0.3 is 0 Å². The van der Waals surface area contributed by atoms with Crippen molar-refractivity contribution in [2.75, 3.05) is 0 Å². The van der Waals surface area contributed by atoms with E-state index in [1.807, 2.05) is 11.3 Å². The Hall–Kier alpha value is -0.300. The third-order valence-corrected chi connectivity index (χ3v) is 4.18. The lowest BCUT2D eigenvalue weighted by atomic mass is 9.97. The van der Waals surface area contributed by atoms with Crippen LogP contribution in [-0.4, -0.2) is 0 Å². The summed E-state index contributed by atoms with van der Waals surface area (Å²) in [5.74, 6) is 0.776. The molecule has 0 nitrogen and oxygen atoms in total. The zero-order valence-corrected chi connectivity index (χ0v) is 11.2. The summed E-state index contributed by atoms with van der Waals surface area (Å²) in [6.45, 7) is 6.93. The molecule has 15 heavy (non-hydrogen) atoms. The second-order valence-corrected chi connectivity index (χ2v) is 5.40. The van der Waals surface area contributed by atoms with Crippen molar-refractivity contribution in [3.8, 4) is 0 Å². The quantitative estimate of drug-likeness (QED) is 0.545. The summed E-state index contributed by atoms with van der Waals surface area (Å²) in [5, 5.41) is 2.26. The molecule has 0 saturated heterocycles. The molecule has 0 aliphatic carbocycles. The highest BCUT2D eigenvalue weighted by molar-refractivity contribution is 7.10. The van der Waals surface area contributed by atoms with Gasteiger partial charge in [0.1, 0.15) is 0 Å². The van der Waals surface area contributed by atoms with Crippen LogP contribution in [0.1, 0.15) is 69.2 Å². The van der Waals surface area contributed by atoms with E-state index < -0.39 is 0 Å². The van der Waals surface area contributed by atoms with Crippen molar-refractivity contribution in [3.05, 3.63) is 21.9 Å². The molecule has 0 fully saturated rings. The first-order valence-corrected chi connectivity index (χ1v) is 7.23. The van der Waals surface area contributed by atoms with Crippen molar-refractivity contribution in [1.82, 2.24) is 0 Å². The van der Waals surface area contributed by atoms with Gasteiger partial charge in [-0.2, -0.15) is 0 Å². The maximum absolute atomic E-state index is 2.39. The lowest BCUT2D eigenvalue weighted by molar-refractivity contribution is 0.600. The molecule has 1 rings (SSSR count). The molecular formula is C14H24S. The number of unbranched alkanes of at least 4 members (excludes halogenated alkanes) is 2. The van der Waals surface area contributed by atoms with Crippen LogP contribution in [0.25, 0.3) is 0 Å². The molecule has 0 saturated carbocycles. The minimum Gasteiger partial charge on any atom is -0.148 e. The Kier molecular flexibility index (Phi) is 6.00. The van der Waals surface area contributed by atoms with Gasteiger partial charge in [-0.25, -0.2) is 0 Å². The summed E-state index contributed by atoms with van der Waals surface area (Å²) < 4.78 is 0. The van der Waals surface area contributed by atoms with Gasteiger partial charge in [-0.3, -0.25) is 0 Å². The molecule has 0 unspecified atom stereocenters. The van der Waals surface area contributed by atoms with Gasteiger partial charge < -0.3 is 0 Å². The van der Waals surface area contributed by atoms with Crippen LogP contribution in [0.3, 0.4) is 0 Å². The van der Waals surface area contributed by atoms with Crippen molar-refractivity contribution in [2.24, 2.45) is 0 Å². The third-order valence-electron chi connectivity index (χ3n) is 2.99. The maximum atomic E-state index is 2.39. The Morgan fingerprint density at radius 1 is 1.20 bits per heavy atom. The SMILES string of the molecule is CCCCC[C@@H](C)c1sccc1CCC. The van der Waals surface area contributed by atoms with Crippen LogP contribution in [0.2, 0.25) is 0 Å². The number of thiophene rings is 1. The van der Waals surface area contributed by atoms with Gasteiger partial charge in [-0.1, -0.05) is 46.5 Å². The van der Waals surface area contributed by atoms with E-state index in [2.05, 4.69) is 32.2 Å². The van der Waals surface area contributed by atoms with Crippen LogP contribution in [-0.2, 0) is 6.42 Å². The first-order valence-electron chi connectivity index (χ1n) is 6.35. The highest BCUT2D eigenvalue weighted by atomic mass is 32.1. The van der Waals surface area contributed by atoms with E-state index in [1.165, 1.54) is 38.5 Å². The minimum atomic E-state index is 0.776. The first kappa shape index (κ1) is 12.8. The van der Waals surface area contributed by atoms with E-state index in [0.717, 1.165) is 5.92 Å². The maximum Gasteiger partial charge on any atom is 0.0105 e. The normalized spacial score (nSPS) is 13.0. The third kappa shape index (κ3) is 3.98. The van der Waals surface area contributed by atoms with Crippen molar-refractivity contribution in [1.29, 1.82) is 0 Å². The molecule has 0 bridgehead atoms. The largest absolute Gasteiger partial charge is 0.148 e. The molecule has 0 aromatic carbocycles. The Bertz CT molecular complexity index is 262. The van der Waals surface area contributed by atoms with Gasteiger partial charge in [0.15, 0.2) is 0 Å². The van der Waals surface area contributed by atoms with Gasteiger partial charge in [0.2, 0.25) is 0 Å². The van der Waals surface area contributed by atoms with Gasteiger partial charge in [0, 0.05) is 4.88 Å². The zero-order chi connectivity index (χ0) is 11.1. The molecule has 1 atom stereocenters.